The van der Waals surface area contributed by atoms with Gasteiger partial charge < -0.3 is 5.32 Å². The maximum absolute atomic E-state index is 12.8. The van der Waals surface area contributed by atoms with E-state index < -0.39 is 12.0 Å². The Labute approximate surface area is 129 Å². The van der Waals surface area contributed by atoms with E-state index in [9.17, 15) is 13.2 Å². The highest BCUT2D eigenvalue weighted by Gasteiger charge is 2.37. The fourth-order valence-corrected chi connectivity index (χ4v) is 1.93. The van der Waals surface area contributed by atoms with E-state index in [1.165, 1.54) is 12.1 Å². The quantitative estimate of drug-likeness (QED) is 0.784. The summed E-state index contributed by atoms with van der Waals surface area (Å²) in [6.07, 6.45) is -1.29. The lowest BCUT2D eigenvalue weighted by molar-refractivity contribution is -0.146. The van der Waals surface area contributed by atoms with Crippen molar-refractivity contribution in [2.24, 2.45) is 0 Å². The molecule has 0 atom stereocenters. The summed E-state index contributed by atoms with van der Waals surface area (Å²) in [6.45, 7) is 5.96. The van der Waals surface area contributed by atoms with Crippen molar-refractivity contribution < 1.29 is 13.2 Å². The van der Waals surface area contributed by atoms with Crippen LogP contribution in [0.2, 0.25) is 0 Å². The molecule has 23 heavy (non-hydrogen) atoms. The van der Waals surface area contributed by atoms with Crippen LogP contribution in [0.4, 0.5) is 24.7 Å². The average Bonchev–Trinajstić information content (AvgIpc) is 3.03. The van der Waals surface area contributed by atoms with E-state index in [4.69, 9.17) is 0 Å². The van der Waals surface area contributed by atoms with E-state index in [0.717, 1.165) is 0 Å². The first kappa shape index (κ1) is 15.3. The van der Waals surface area contributed by atoms with Gasteiger partial charge in [0.15, 0.2) is 11.5 Å². The molecule has 3 aromatic heterocycles. The molecule has 0 spiro atoms. The zero-order chi connectivity index (χ0) is 16.8. The Morgan fingerprint density at radius 1 is 1.09 bits per heavy atom. The number of nitrogens with one attached hydrogen (secondary N) is 1. The molecule has 10 heteroatoms. The molecule has 0 aliphatic rings. The SMILES string of the molecule is CC(C)(C)n1cc(Nc2ccc3nnc(C(F)(F)F)n3n2)cn1. The van der Waals surface area contributed by atoms with Crippen LogP contribution in [0.3, 0.4) is 0 Å². The molecule has 122 valence electrons. The topological polar surface area (TPSA) is 72.9 Å². The standard InChI is InChI=1S/C13H14F3N7/c1-12(2,3)22-7-8(6-17-22)18-9-4-5-10-19-20-11(13(14,15)16)23(10)21-9/h4-7H,1-3H3,(H,18,21). The van der Waals surface area contributed by atoms with Crippen molar-refractivity contribution in [3.05, 3.63) is 30.4 Å². The molecule has 0 amide bonds. The monoisotopic (exact) mass is 325 g/mol. The number of fused-ring (bicyclic) bond motifs is 1. The average molecular weight is 325 g/mol. The van der Waals surface area contributed by atoms with Gasteiger partial charge in [-0.25, -0.2) is 0 Å². The van der Waals surface area contributed by atoms with Gasteiger partial charge in [0, 0.05) is 6.20 Å². The predicted molar refractivity (Wildman–Crippen MR) is 76.3 cm³/mol. The van der Waals surface area contributed by atoms with Crippen LogP contribution in [0.15, 0.2) is 24.5 Å². The number of hydrogen-bond donors (Lipinski definition) is 1. The summed E-state index contributed by atoms with van der Waals surface area (Å²) in [5.74, 6) is -0.933. The summed E-state index contributed by atoms with van der Waals surface area (Å²) >= 11 is 0. The van der Waals surface area contributed by atoms with Crippen LogP contribution in [0.1, 0.15) is 26.6 Å². The van der Waals surface area contributed by atoms with Crippen molar-refractivity contribution in [1.29, 1.82) is 0 Å². The minimum absolute atomic E-state index is 0.0215. The molecule has 3 heterocycles. The van der Waals surface area contributed by atoms with E-state index in [0.29, 0.717) is 10.2 Å². The predicted octanol–water partition coefficient (Wildman–Crippen LogP) is 2.84. The van der Waals surface area contributed by atoms with Gasteiger partial charge in [0.1, 0.15) is 0 Å². The smallest absolute Gasteiger partial charge is 0.336 e. The molecular formula is C13H14F3N7. The summed E-state index contributed by atoms with van der Waals surface area (Å²) in [4.78, 5) is 0. The third-order valence-corrected chi connectivity index (χ3v) is 3.06. The van der Waals surface area contributed by atoms with Crippen LogP contribution in [0.25, 0.3) is 5.65 Å². The minimum Gasteiger partial charge on any atom is -0.336 e. The zero-order valence-electron chi connectivity index (χ0n) is 12.6. The van der Waals surface area contributed by atoms with Crippen molar-refractivity contribution >= 4 is 17.2 Å². The summed E-state index contributed by atoms with van der Waals surface area (Å²) in [6, 6.07) is 2.93. The number of hydrogen-bond acceptors (Lipinski definition) is 5. The molecular weight excluding hydrogens is 311 g/mol. The third-order valence-electron chi connectivity index (χ3n) is 3.06. The van der Waals surface area contributed by atoms with E-state index in [-0.39, 0.29) is 17.0 Å². The Morgan fingerprint density at radius 3 is 2.43 bits per heavy atom. The van der Waals surface area contributed by atoms with E-state index in [1.54, 1.807) is 17.1 Å². The molecule has 0 aliphatic carbocycles. The van der Waals surface area contributed by atoms with Gasteiger partial charge in [0.2, 0.25) is 0 Å². The molecule has 3 rings (SSSR count). The molecule has 3 aromatic rings. The maximum Gasteiger partial charge on any atom is 0.453 e. The highest BCUT2D eigenvalue weighted by Crippen LogP contribution is 2.28. The van der Waals surface area contributed by atoms with Gasteiger partial charge in [0.05, 0.1) is 17.4 Å². The molecule has 7 nitrogen and oxygen atoms in total. The second-order valence-corrected chi connectivity index (χ2v) is 5.98. The highest BCUT2D eigenvalue weighted by atomic mass is 19.4. The number of anilines is 2. The molecule has 0 unspecified atom stereocenters. The van der Waals surface area contributed by atoms with Crippen molar-refractivity contribution in [2.45, 2.75) is 32.5 Å². The largest absolute Gasteiger partial charge is 0.453 e. The first-order valence-corrected chi connectivity index (χ1v) is 6.76. The highest BCUT2D eigenvalue weighted by molar-refractivity contribution is 5.55. The van der Waals surface area contributed by atoms with E-state index in [1.807, 2.05) is 20.8 Å². The van der Waals surface area contributed by atoms with Crippen molar-refractivity contribution in [3.8, 4) is 0 Å². The Morgan fingerprint density at radius 2 is 1.83 bits per heavy atom. The number of halogens is 3. The second-order valence-electron chi connectivity index (χ2n) is 5.98. The molecule has 0 saturated heterocycles. The Bertz CT molecular complexity index is 841. The molecule has 0 saturated carbocycles. The van der Waals surface area contributed by atoms with Crippen molar-refractivity contribution in [1.82, 2.24) is 29.6 Å². The first-order chi connectivity index (χ1) is 10.6. The first-order valence-electron chi connectivity index (χ1n) is 6.76. The molecule has 0 fully saturated rings. The van der Waals surface area contributed by atoms with Gasteiger partial charge in [-0.15, -0.1) is 15.3 Å². The third kappa shape index (κ3) is 2.96. The lowest BCUT2D eigenvalue weighted by Crippen LogP contribution is -2.21. The van der Waals surface area contributed by atoms with Gasteiger partial charge in [-0.05, 0) is 32.9 Å². The van der Waals surface area contributed by atoms with E-state index >= 15 is 0 Å². The molecule has 1 N–H and O–H groups in total. The number of rotatable bonds is 2. The van der Waals surface area contributed by atoms with Crippen LogP contribution >= 0.6 is 0 Å². The maximum atomic E-state index is 12.8. The fourth-order valence-electron chi connectivity index (χ4n) is 1.93. The van der Waals surface area contributed by atoms with Crippen LogP contribution in [0, 0.1) is 0 Å². The van der Waals surface area contributed by atoms with Gasteiger partial charge in [-0.3, -0.25) is 4.68 Å². The van der Waals surface area contributed by atoms with Gasteiger partial charge in [-0.1, -0.05) is 0 Å². The van der Waals surface area contributed by atoms with Gasteiger partial charge in [-0.2, -0.15) is 22.8 Å². The molecule has 0 aliphatic heterocycles. The van der Waals surface area contributed by atoms with Gasteiger partial charge >= 0.3 is 6.18 Å². The lowest BCUT2D eigenvalue weighted by Gasteiger charge is -2.18. The number of alkyl halides is 3. The summed E-state index contributed by atoms with van der Waals surface area (Å²) in [5, 5.41) is 17.6. The normalized spacial score (nSPS) is 12.8. The van der Waals surface area contributed by atoms with Crippen LogP contribution in [-0.2, 0) is 11.7 Å². The van der Waals surface area contributed by atoms with Gasteiger partial charge in [0.25, 0.3) is 5.82 Å². The lowest BCUT2D eigenvalue weighted by atomic mass is 10.1. The summed E-state index contributed by atoms with van der Waals surface area (Å²) in [5.41, 5.74) is 0.441. The van der Waals surface area contributed by atoms with Crippen molar-refractivity contribution in [2.75, 3.05) is 5.32 Å². The zero-order valence-corrected chi connectivity index (χ0v) is 12.6. The molecule has 0 aromatic carbocycles. The van der Waals surface area contributed by atoms with Crippen LogP contribution in [-0.4, -0.2) is 29.6 Å². The number of aromatic nitrogens is 6. The van der Waals surface area contributed by atoms with E-state index in [2.05, 4.69) is 25.7 Å². The van der Waals surface area contributed by atoms with Crippen molar-refractivity contribution in [3.63, 3.8) is 0 Å². The minimum atomic E-state index is -4.62. The summed E-state index contributed by atoms with van der Waals surface area (Å²) < 4.78 is 40.9. The molecule has 0 radical (unpaired) electrons. The van der Waals surface area contributed by atoms with Crippen LogP contribution < -0.4 is 5.32 Å². The Kier molecular flexibility index (Phi) is 3.27. The Balaban J connectivity index is 1.93. The molecule has 0 bridgehead atoms. The van der Waals surface area contributed by atoms with Crippen LogP contribution in [0.5, 0.6) is 0 Å². The Hall–Kier alpha value is -2.65. The number of nitrogens with zero attached hydrogens (tertiary/aromatic N) is 6. The summed E-state index contributed by atoms with van der Waals surface area (Å²) in [7, 11) is 0. The fraction of sp³-hybridized carbons (Fsp3) is 0.385. The second kappa shape index (κ2) is 4.93.